The zero-order valence-electron chi connectivity index (χ0n) is 49.8. The molecule has 0 aromatic carbocycles. The van der Waals surface area contributed by atoms with Crippen LogP contribution in [0.1, 0.15) is 309 Å². The summed E-state index contributed by atoms with van der Waals surface area (Å²) in [5.41, 5.74) is 0. The van der Waals surface area contributed by atoms with Crippen LogP contribution in [0.5, 0.6) is 0 Å². The van der Waals surface area contributed by atoms with Gasteiger partial charge in [0.05, 0.1) is 39.9 Å². The van der Waals surface area contributed by atoms with Crippen molar-refractivity contribution in [3.63, 3.8) is 0 Å². The molecule has 0 aliphatic carbocycles. The molecule has 436 valence electrons. The van der Waals surface area contributed by atoms with Crippen molar-refractivity contribution in [1.82, 2.24) is 5.32 Å². The highest BCUT2D eigenvalue weighted by atomic mass is 31.2. The minimum atomic E-state index is -4.33. The van der Waals surface area contributed by atoms with E-state index >= 15 is 0 Å². The minimum absolute atomic E-state index is 0.0704. The van der Waals surface area contributed by atoms with Gasteiger partial charge in [-0.05, 0) is 51.4 Å². The number of amides is 1. The lowest BCUT2D eigenvalue weighted by molar-refractivity contribution is -0.870. The Bertz CT molecular complexity index is 1340. The molecule has 0 aliphatic rings. The molecule has 0 fully saturated rings. The molecule has 0 aromatic heterocycles. The summed E-state index contributed by atoms with van der Waals surface area (Å²) in [6, 6.07) is -0.772. The van der Waals surface area contributed by atoms with Crippen LogP contribution in [0.3, 0.4) is 0 Å². The molecule has 3 atom stereocenters. The summed E-state index contributed by atoms with van der Waals surface area (Å²) in [6.07, 6.45) is 74.9. The number of hydrogen-bond donors (Lipinski definition) is 3. The number of likely N-dealkylation sites (N-methyl/N-ethyl adjacent to an activating group) is 1. The van der Waals surface area contributed by atoms with Gasteiger partial charge in [0.15, 0.2) is 0 Å². The van der Waals surface area contributed by atoms with Crippen molar-refractivity contribution >= 4 is 13.7 Å². The first-order valence-electron chi connectivity index (χ1n) is 32.0. The van der Waals surface area contributed by atoms with Crippen LogP contribution in [0, 0.1) is 0 Å². The van der Waals surface area contributed by atoms with Crippen molar-refractivity contribution in [2.45, 2.75) is 321 Å². The van der Waals surface area contributed by atoms with E-state index in [1.165, 1.54) is 205 Å². The predicted octanol–water partition coefficient (Wildman–Crippen LogP) is 19.9. The van der Waals surface area contributed by atoms with Crippen LogP contribution in [0.15, 0.2) is 48.6 Å². The average Bonchev–Trinajstić information content (AvgIpc) is 3.36. The van der Waals surface area contributed by atoms with E-state index in [0.717, 1.165) is 77.0 Å². The van der Waals surface area contributed by atoms with Crippen LogP contribution in [-0.4, -0.2) is 73.4 Å². The Hall–Kier alpha value is -1.54. The molecule has 0 saturated heterocycles. The Morgan fingerprint density at radius 3 is 1.19 bits per heavy atom. The van der Waals surface area contributed by atoms with E-state index in [-0.39, 0.29) is 19.1 Å². The summed E-state index contributed by atoms with van der Waals surface area (Å²) in [5, 5.41) is 14.1. The van der Waals surface area contributed by atoms with Crippen LogP contribution in [0.4, 0.5) is 0 Å². The smallest absolute Gasteiger partial charge is 0.391 e. The number of nitrogens with one attached hydrogen (secondary N) is 1. The monoisotopic (exact) mass is 1060 g/mol. The third-order valence-corrected chi connectivity index (χ3v) is 15.6. The van der Waals surface area contributed by atoms with Gasteiger partial charge in [0.1, 0.15) is 13.2 Å². The summed E-state index contributed by atoms with van der Waals surface area (Å²) in [6.45, 7) is 4.80. The second-order valence-corrected chi connectivity index (χ2v) is 24.6. The van der Waals surface area contributed by atoms with Crippen LogP contribution in [0.25, 0.3) is 0 Å². The first kappa shape index (κ1) is 72.5. The molecule has 0 rings (SSSR count). The first-order chi connectivity index (χ1) is 36.0. The molecular weight excluding hydrogens is 936 g/mol. The summed E-state index contributed by atoms with van der Waals surface area (Å²) >= 11 is 0. The van der Waals surface area contributed by atoms with E-state index in [0.29, 0.717) is 23.9 Å². The Balaban J connectivity index is 4.03. The average molecular weight is 1060 g/mol. The third kappa shape index (κ3) is 58.1. The maximum Gasteiger partial charge on any atom is 0.472 e. The highest BCUT2D eigenvalue weighted by Gasteiger charge is 2.28. The fourth-order valence-corrected chi connectivity index (χ4v) is 10.4. The Morgan fingerprint density at radius 2 is 0.811 bits per heavy atom. The van der Waals surface area contributed by atoms with E-state index in [4.69, 9.17) is 9.05 Å². The van der Waals surface area contributed by atoms with Gasteiger partial charge >= 0.3 is 7.82 Å². The first-order valence-corrected chi connectivity index (χ1v) is 33.5. The molecule has 3 N–H and O–H groups in total. The molecule has 0 radical (unpaired) electrons. The second kappa shape index (κ2) is 56.2. The number of aliphatic hydroxyl groups excluding tert-OH is 1. The van der Waals surface area contributed by atoms with E-state index in [2.05, 4.69) is 67.8 Å². The fourth-order valence-electron chi connectivity index (χ4n) is 9.63. The zero-order valence-corrected chi connectivity index (χ0v) is 50.7. The van der Waals surface area contributed by atoms with Crippen molar-refractivity contribution in [3.05, 3.63) is 48.6 Å². The number of carbonyl (C=O) groups is 1. The van der Waals surface area contributed by atoms with Crippen LogP contribution in [-0.2, 0) is 18.4 Å². The van der Waals surface area contributed by atoms with Gasteiger partial charge in [-0.15, -0.1) is 0 Å². The molecule has 0 heterocycles. The quantitative estimate of drug-likeness (QED) is 0.0243. The van der Waals surface area contributed by atoms with E-state index in [1.54, 1.807) is 0 Å². The van der Waals surface area contributed by atoms with Gasteiger partial charge in [0.25, 0.3) is 0 Å². The molecule has 0 bridgehead atoms. The van der Waals surface area contributed by atoms with Crippen molar-refractivity contribution in [2.75, 3.05) is 40.9 Å². The van der Waals surface area contributed by atoms with Gasteiger partial charge in [0.2, 0.25) is 5.91 Å². The molecular formula is C65H126N2O6P+. The van der Waals surface area contributed by atoms with E-state index < -0.39 is 20.0 Å². The molecule has 74 heavy (non-hydrogen) atoms. The van der Waals surface area contributed by atoms with Crippen LogP contribution in [0.2, 0.25) is 0 Å². The predicted molar refractivity (Wildman–Crippen MR) is 323 cm³/mol. The highest BCUT2D eigenvalue weighted by molar-refractivity contribution is 7.47. The van der Waals surface area contributed by atoms with Gasteiger partial charge in [-0.1, -0.05) is 300 Å². The van der Waals surface area contributed by atoms with Gasteiger partial charge in [-0.2, -0.15) is 0 Å². The molecule has 8 nitrogen and oxygen atoms in total. The number of rotatable bonds is 59. The van der Waals surface area contributed by atoms with E-state index in [9.17, 15) is 19.4 Å². The molecule has 0 aliphatic heterocycles. The maximum atomic E-state index is 13.0. The summed E-state index contributed by atoms with van der Waals surface area (Å²) in [4.78, 5) is 23.4. The number of allylic oxidation sites excluding steroid dienone is 8. The standard InChI is InChI=1S/C65H125N2O6P/c1-6-8-10-12-14-16-18-20-22-24-26-27-28-29-30-31-32-33-34-35-36-37-38-39-41-42-44-46-48-50-52-54-56-58-64(68)63(62-73-74(70,71)72-61-60-67(3,4)5)66-65(69)59-57-55-53-51-49-47-45-43-40-25-23-21-19-17-15-13-11-9-7-2/h9,11,15,17,21,23,40,43,63-64,68H,6-8,10,12-14,16,18-20,22,24-39,41-42,44-62H2,1-5H3,(H-,66,69,70,71)/p+1/b11-9-,17-15-,23-21-,43-40-. The van der Waals surface area contributed by atoms with Crippen LogP contribution >= 0.6 is 7.82 Å². The minimum Gasteiger partial charge on any atom is -0.391 e. The topological polar surface area (TPSA) is 105 Å². The second-order valence-electron chi connectivity index (χ2n) is 23.1. The fraction of sp³-hybridized carbons (Fsp3) is 0.862. The number of hydrogen-bond acceptors (Lipinski definition) is 5. The Morgan fingerprint density at radius 1 is 0.473 bits per heavy atom. The van der Waals surface area contributed by atoms with Crippen molar-refractivity contribution in [1.29, 1.82) is 0 Å². The van der Waals surface area contributed by atoms with Gasteiger partial charge in [0, 0.05) is 6.42 Å². The van der Waals surface area contributed by atoms with Crippen molar-refractivity contribution in [3.8, 4) is 0 Å². The summed E-state index contributed by atoms with van der Waals surface area (Å²) in [7, 11) is 1.61. The summed E-state index contributed by atoms with van der Waals surface area (Å²) in [5.74, 6) is -0.156. The lowest BCUT2D eigenvalue weighted by Crippen LogP contribution is -2.46. The van der Waals surface area contributed by atoms with Gasteiger partial charge in [-0.25, -0.2) is 4.57 Å². The summed E-state index contributed by atoms with van der Waals surface area (Å²) < 4.78 is 23.8. The van der Waals surface area contributed by atoms with Gasteiger partial charge < -0.3 is 19.8 Å². The van der Waals surface area contributed by atoms with Crippen molar-refractivity contribution < 1.29 is 32.9 Å². The van der Waals surface area contributed by atoms with Crippen LogP contribution < -0.4 is 5.32 Å². The third-order valence-electron chi connectivity index (χ3n) is 14.6. The number of aliphatic hydroxyl groups is 1. The number of phosphoric ester groups is 1. The molecule has 1 amide bonds. The Kier molecular flexibility index (Phi) is 55.0. The SMILES string of the molecule is CC/C=C\C/C=C\C/C=C\C/C=C\CCCCCCCCC(=O)NC(COP(=O)(O)OCC[N+](C)(C)C)C(O)CCCCCCCCCCCCCCCCCCCCCCCCCCCCCCCCCCC. The lowest BCUT2D eigenvalue weighted by atomic mass is 10.0. The maximum absolute atomic E-state index is 13.0. The lowest BCUT2D eigenvalue weighted by Gasteiger charge is -2.26. The molecule has 0 aromatic rings. The van der Waals surface area contributed by atoms with E-state index in [1.807, 2.05) is 21.1 Å². The zero-order chi connectivity index (χ0) is 54.2. The highest BCUT2D eigenvalue weighted by Crippen LogP contribution is 2.43. The van der Waals surface area contributed by atoms with Gasteiger partial charge in [-0.3, -0.25) is 13.8 Å². The number of nitrogens with zero attached hydrogens (tertiary/aromatic N) is 1. The molecule has 0 spiro atoms. The largest absolute Gasteiger partial charge is 0.472 e. The molecule has 3 unspecified atom stereocenters. The molecule has 0 saturated carbocycles. The number of quaternary nitrogens is 1. The Labute approximate surface area is 460 Å². The van der Waals surface area contributed by atoms with Crippen molar-refractivity contribution in [2.24, 2.45) is 0 Å². The number of carbonyl (C=O) groups excluding carboxylic acids is 1. The normalized spacial score (nSPS) is 14.1. The molecule has 9 heteroatoms. The number of phosphoric acid groups is 1. The number of unbranched alkanes of at least 4 members (excludes halogenated alkanes) is 38.